The summed E-state index contributed by atoms with van der Waals surface area (Å²) in [7, 11) is 1.57. The quantitative estimate of drug-likeness (QED) is 0.711. The van der Waals surface area contributed by atoms with Crippen molar-refractivity contribution in [3.63, 3.8) is 0 Å². The Kier molecular flexibility index (Phi) is 5.53. The molecule has 0 saturated carbocycles. The van der Waals surface area contributed by atoms with E-state index in [1.165, 1.54) is 0 Å². The Bertz CT molecular complexity index is 679. The lowest BCUT2D eigenvalue weighted by Crippen LogP contribution is -2.19. The van der Waals surface area contributed by atoms with E-state index in [-0.39, 0.29) is 0 Å². The maximum Gasteiger partial charge on any atom is 0.175 e. The first-order valence-electron chi connectivity index (χ1n) is 5.86. The lowest BCUT2D eigenvalue weighted by molar-refractivity contribution is 0.417. The van der Waals surface area contributed by atoms with Crippen LogP contribution in [0, 0.1) is 0 Å². The zero-order valence-electron chi connectivity index (χ0n) is 10.9. The van der Waals surface area contributed by atoms with E-state index in [2.05, 4.69) is 10.6 Å². The molecule has 0 atom stereocenters. The molecule has 2 aromatic rings. The maximum absolute atomic E-state index is 5.96. The Morgan fingerprint density at radius 3 is 2.43 bits per heavy atom. The van der Waals surface area contributed by atoms with E-state index in [1.54, 1.807) is 43.5 Å². The lowest BCUT2D eigenvalue weighted by atomic mass is 10.3. The summed E-state index contributed by atoms with van der Waals surface area (Å²) in [5, 5.41) is 7.92. The SMILES string of the molecule is COc1ccc(Cl)cc1NC(=S)Nc1ccc(Cl)c(Cl)c1. The van der Waals surface area contributed by atoms with Gasteiger partial charge in [0, 0.05) is 10.7 Å². The van der Waals surface area contributed by atoms with Gasteiger partial charge in [-0.2, -0.15) is 0 Å². The van der Waals surface area contributed by atoms with Gasteiger partial charge in [0.2, 0.25) is 0 Å². The molecule has 0 radical (unpaired) electrons. The summed E-state index contributed by atoms with van der Waals surface area (Å²) in [6.45, 7) is 0. The monoisotopic (exact) mass is 360 g/mol. The second-order valence-corrected chi connectivity index (χ2v) is 5.71. The molecule has 0 aliphatic heterocycles. The standard InChI is InChI=1S/C14H11Cl3N2OS/c1-20-13-5-2-8(15)6-12(13)19-14(21)18-9-3-4-10(16)11(17)7-9/h2-7H,1H3,(H2,18,19,21). The first-order valence-corrected chi connectivity index (χ1v) is 7.40. The Morgan fingerprint density at radius 1 is 1.00 bits per heavy atom. The number of methoxy groups -OCH3 is 1. The molecule has 2 aromatic carbocycles. The number of benzene rings is 2. The number of halogens is 3. The van der Waals surface area contributed by atoms with Crippen molar-refractivity contribution in [2.45, 2.75) is 0 Å². The fraction of sp³-hybridized carbons (Fsp3) is 0.0714. The highest BCUT2D eigenvalue weighted by Gasteiger charge is 2.07. The van der Waals surface area contributed by atoms with Crippen molar-refractivity contribution in [2.24, 2.45) is 0 Å². The Labute approximate surface area is 143 Å². The molecule has 0 aliphatic rings. The molecule has 0 heterocycles. The smallest absolute Gasteiger partial charge is 0.175 e. The normalized spacial score (nSPS) is 10.1. The van der Waals surface area contributed by atoms with Crippen molar-refractivity contribution in [3.05, 3.63) is 51.5 Å². The first kappa shape index (κ1) is 16.2. The summed E-state index contributed by atoms with van der Waals surface area (Å²) < 4.78 is 5.24. The fourth-order valence-electron chi connectivity index (χ4n) is 1.64. The molecule has 0 spiro atoms. The minimum atomic E-state index is 0.383. The van der Waals surface area contributed by atoms with E-state index in [4.69, 9.17) is 51.8 Å². The predicted octanol–water partition coefficient (Wildman–Crippen LogP) is 5.46. The summed E-state index contributed by atoms with van der Waals surface area (Å²) >= 11 is 23.0. The molecule has 21 heavy (non-hydrogen) atoms. The van der Waals surface area contributed by atoms with Crippen LogP contribution in [0.2, 0.25) is 15.1 Å². The minimum absolute atomic E-state index is 0.383. The van der Waals surface area contributed by atoms with Crippen LogP contribution in [0.15, 0.2) is 36.4 Å². The number of hydrogen-bond donors (Lipinski definition) is 2. The lowest BCUT2D eigenvalue weighted by Gasteiger charge is -2.14. The molecule has 2 N–H and O–H groups in total. The summed E-state index contributed by atoms with van der Waals surface area (Å²) in [4.78, 5) is 0. The topological polar surface area (TPSA) is 33.3 Å². The molecule has 0 fully saturated rings. The summed E-state index contributed by atoms with van der Waals surface area (Å²) in [5.41, 5.74) is 1.39. The third-order valence-electron chi connectivity index (χ3n) is 2.59. The third-order valence-corrected chi connectivity index (χ3v) is 3.77. The average Bonchev–Trinajstić information content (AvgIpc) is 2.43. The molecule has 0 aromatic heterocycles. The van der Waals surface area contributed by atoms with Crippen molar-refractivity contribution >= 4 is 63.5 Å². The maximum atomic E-state index is 5.96. The second kappa shape index (κ2) is 7.18. The van der Waals surface area contributed by atoms with Crippen LogP contribution in [0.3, 0.4) is 0 Å². The van der Waals surface area contributed by atoms with E-state index in [9.17, 15) is 0 Å². The zero-order chi connectivity index (χ0) is 15.4. The van der Waals surface area contributed by atoms with Crippen LogP contribution in [0.1, 0.15) is 0 Å². The van der Waals surface area contributed by atoms with Gasteiger partial charge in [0.25, 0.3) is 0 Å². The zero-order valence-corrected chi connectivity index (χ0v) is 14.0. The van der Waals surface area contributed by atoms with Crippen LogP contribution in [-0.2, 0) is 0 Å². The van der Waals surface area contributed by atoms with Crippen molar-refractivity contribution < 1.29 is 4.74 Å². The van der Waals surface area contributed by atoms with Crippen LogP contribution >= 0.6 is 47.0 Å². The average molecular weight is 362 g/mol. The number of thiocarbonyl (C=S) groups is 1. The Morgan fingerprint density at radius 2 is 1.76 bits per heavy atom. The molecule has 110 valence electrons. The van der Waals surface area contributed by atoms with Gasteiger partial charge in [0.1, 0.15) is 5.75 Å². The molecule has 0 bridgehead atoms. The molecule has 0 saturated heterocycles. The van der Waals surface area contributed by atoms with Gasteiger partial charge in [-0.05, 0) is 48.6 Å². The summed E-state index contributed by atoms with van der Waals surface area (Å²) in [6.07, 6.45) is 0. The van der Waals surface area contributed by atoms with Gasteiger partial charge in [-0.3, -0.25) is 0 Å². The van der Waals surface area contributed by atoms with Gasteiger partial charge in [-0.25, -0.2) is 0 Å². The summed E-state index contributed by atoms with van der Waals surface area (Å²) in [5.74, 6) is 0.637. The van der Waals surface area contributed by atoms with E-state index in [0.717, 1.165) is 5.69 Å². The van der Waals surface area contributed by atoms with Crippen molar-refractivity contribution in [1.29, 1.82) is 0 Å². The van der Waals surface area contributed by atoms with Gasteiger partial charge >= 0.3 is 0 Å². The van der Waals surface area contributed by atoms with Gasteiger partial charge in [-0.15, -0.1) is 0 Å². The van der Waals surface area contributed by atoms with Crippen LogP contribution in [-0.4, -0.2) is 12.2 Å². The summed E-state index contributed by atoms with van der Waals surface area (Å²) in [6, 6.07) is 10.4. The van der Waals surface area contributed by atoms with Gasteiger partial charge in [0.05, 0.1) is 22.8 Å². The van der Waals surface area contributed by atoms with E-state index in [0.29, 0.717) is 31.6 Å². The van der Waals surface area contributed by atoms with Crippen molar-refractivity contribution in [2.75, 3.05) is 17.7 Å². The molecule has 7 heteroatoms. The highest BCUT2D eigenvalue weighted by atomic mass is 35.5. The molecule has 3 nitrogen and oxygen atoms in total. The Balaban J connectivity index is 2.11. The highest BCUT2D eigenvalue weighted by Crippen LogP contribution is 2.28. The fourth-order valence-corrected chi connectivity index (χ4v) is 2.33. The predicted molar refractivity (Wildman–Crippen MR) is 94.3 cm³/mol. The van der Waals surface area contributed by atoms with E-state index in [1.807, 2.05) is 0 Å². The molecule has 0 aliphatic carbocycles. The van der Waals surface area contributed by atoms with E-state index < -0.39 is 0 Å². The number of ether oxygens (including phenoxy) is 1. The molecular weight excluding hydrogens is 351 g/mol. The number of anilines is 2. The minimum Gasteiger partial charge on any atom is -0.495 e. The largest absolute Gasteiger partial charge is 0.495 e. The van der Waals surface area contributed by atoms with Crippen LogP contribution in [0.4, 0.5) is 11.4 Å². The van der Waals surface area contributed by atoms with Crippen molar-refractivity contribution in [1.82, 2.24) is 0 Å². The van der Waals surface area contributed by atoms with Crippen LogP contribution in [0.5, 0.6) is 5.75 Å². The number of rotatable bonds is 3. The van der Waals surface area contributed by atoms with Crippen LogP contribution in [0.25, 0.3) is 0 Å². The van der Waals surface area contributed by atoms with Gasteiger partial charge < -0.3 is 15.4 Å². The molecule has 2 rings (SSSR count). The number of nitrogens with one attached hydrogen (secondary N) is 2. The van der Waals surface area contributed by atoms with E-state index >= 15 is 0 Å². The van der Waals surface area contributed by atoms with Crippen molar-refractivity contribution in [3.8, 4) is 5.75 Å². The number of hydrogen-bond acceptors (Lipinski definition) is 2. The molecule has 0 unspecified atom stereocenters. The van der Waals surface area contributed by atoms with Gasteiger partial charge in [0.15, 0.2) is 5.11 Å². The van der Waals surface area contributed by atoms with Gasteiger partial charge in [-0.1, -0.05) is 34.8 Å². The van der Waals surface area contributed by atoms with Crippen LogP contribution < -0.4 is 15.4 Å². The second-order valence-electron chi connectivity index (χ2n) is 4.05. The first-order chi connectivity index (χ1) is 9.99. The molecular formula is C14H11Cl3N2OS. The molecule has 0 amide bonds. The third kappa shape index (κ3) is 4.38. The Hall–Kier alpha value is -1.20. The highest BCUT2D eigenvalue weighted by molar-refractivity contribution is 7.80.